The third kappa shape index (κ3) is 6.04. The number of morpholine rings is 1. The third-order valence-electron chi connectivity index (χ3n) is 2.23. The van der Waals surface area contributed by atoms with Gasteiger partial charge in [-0.1, -0.05) is 0 Å². The fourth-order valence-corrected chi connectivity index (χ4v) is 1.90. The van der Waals surface area contributed by atoms with E-state index in [0.29, 0.717) is 19.7 Å². The molecule has 1 aliphatic rings. The molecule has 0 radical (unpaired) electrons. The lowest BCUT2D eigenvalue weighted by molar-refractivity contribution is -0.121. The maximum absolute atomic E-state index is 11.3. The molecule has 6 nitrogen and oxygen atoms in total. The molecule has 1 saturated heterocycles. The topological polar surface area (TPSA) is 84.5 Å². The summed E-state index contributed by atoms with van der Waals surface area (Å²) in [5.41, 5.74) is 0. The zero-order valence-corrected chi connectivity index (χ0v) is 10.2. The van der Waals surface area contributed by atoms with E-state index in [1.807, 2.05) is 0 Å². The molecule has 1 heterocycles. The number of hydrogen-bond acceptors (Lipinski definition) is 5. The van der Waals surface area contributed by atoms with Crippen LogP contribution in [0.5, 0.6) is 0 Å². The molecule has 1 amide bonds. The fourth-order valence-electron chi connectivity index (χ4n) is 1.34. The first-order valence-electron chi connectivity index (χ1n) is 5.24. The Morgan fingerprint density at radius 3 is 2.88 bits per heavy atom. The molecule has 7 heteroatoms. The zero-order chi connectivity index (χ0) is 12.0. The number of ether oxygens (including phenoxy) is 1. The van der Waals surface area contributed by atoms with Crippen molar-refractivity contribution in [3.63, 3.8) is 0 Å². The molecule has 94 valence electrons. The second-order valence-corrected chi connectivity index (χ2v) is 6.14. The SMILES string of the molecule is CS(=O)(=O)CCC(=O)NCC1CNCCO1. The molecule has 1 rings (SSSR count). The van der Waals surface area contributed by atoms with Crippen LogP contribution in [0.4, 0.5) is 0 Å². The molecule has 0 saturated carbocycles. The first-order valence-corrected chi connectivity index (χ1v) is 7.30. The Labute approximate surface area is 95.7 Å². The monoisotopic (exact) mass is 250 g/mol. The standard InChI is InChI=1S/C9H18N2O4S/c1-16(13,14)5-2-9(12)11-7-8-6-10-3-4-15-8/h8,10H,2-7H2,1H3,(H,11,12). The maximum Gasteiger partial charge on any atom is 0.221 e. The van der Waals surface area contributed by atoms with Crippen LogP contribution in [0.15, 0.2) is 0 Å². The van der Waals surface area contributed by atoms with Gasteiger partial charge in [-0.05, 0) is 0 Å². The van der Waals surface area contributed by atoms with E-state index in [4.69, 9.17) is 4.74 Å². The number of amides is 1. The van der Waals surface area contributed by atoms with Crippen LogP contribution in [0.2, 0.25) is 0 Å². The van der Waals surface area contributed by atoms with Crippen molar-refractivity contribution in [1.29, 1.82) is 0 Å². The summed E-state index contributed by atoms with van der Waals surface area (Å²) in [7, 11) is -3.07. The molecule has 1 atom stereocenters. The Morgan fingerprint density at radius 1 is 1.56 bits per heavy atom. The van der Waals surface area contributed by atoms with Crippen LogP contribution >= 0.6 is 0 Å². The summed E-state index contributed by atoms with van der Waals surface area (Å²) < 4.78 is 27.0. The highest BCUT2D eigenvalue weighted by molar-refractivity contribution is 7.90. The molecule has 1 unspecified atom stereocenters. The van der Waals surface area contributed by atoms with E-state index >= 15 is 0 Å². The molecule has 0 aromatic heterocycles. The van der Waals surface area contributed by atoms with Crippen LogP contribution in [0.1, 0.15) is 6.42 Å². The smallest absolute Gasteiger partial charge is 0.221 e. The number of sulfone groups is 1. The molecular formula is C9H18N2O4S. The summed E-state index contributed by atoms with van der Waals surface area (Å²) in [4.78, 5) is 11.3. The number of hydrogen-bond donors (Lipinski definition) is 2. The Morgan fingerprint density at radius 2 is 2.31 bits per heavy atom. The second-order valence-electron chi connectivity index (χ2n) is 3.88. The molecule has 0 spiro atoms. The summed E-state index contributed by atoms with van der Waals surface area (Å²) in [5, 5.41) is 5.80. The van der Waals surface area contributed by atoms with Crippen molar-refractivity contribution in [2.45, 2.75) is 12.5 Å². The summed E-state index contributed by atoms with van der Waals surface area (Å²) in [6.45, 7) is 2.62. The van der Waals surface area contributed by atoms with Gasteiger partial charge in [0.25, 0.3) is 0 Å². The zero-order valence-electron chi connectivity index (χ0n) is 9.36. The van der Waals surface area contributed by atoms with Crippen molar-refractivity contribution in [2.24, 2.45) is 0 Å². The van der Waals surface area contributed by atoms with Gasteiger partial charge in [0.05, 0.1) is 18.5 Å². The predicted octanol–water partition coefficient (Wildman–Crippen LogP) is -1.47. The fraction of sp³-hybridized carbons (Fsp3) is 0.889. The molecule has 16 heavy (non-hydrogen) atoms. The number of nitrogens with one attached hydrogen (secondary N) is 2. The predicted molar refractivity (Wildman–Crippen MR) is 59.9 cm³/mol. The van der Waals surface area contributed by atoms with Crippen molar-refractivity contribution in [3.8, 4) is 0 Å². The lowest BCUT2D eigenvalue weighted by atomic mass is 10.3. The first kappa shape index (κ1) is 13.4. The normalized spacial score (nSPS) is 21.7. The van der Waals surface area contributed by atoms with Crippen molar-refractivity contribution in [1.82, 2.24) is 10.6 Å². The lowest BCUT2D eigenvalue weighted by Gasteiger charge is -2.23. The van der Waals surface area contributed by atoms with Gasteiger partial charge in [0.1, 0.15) is 9.84 Å². The van der Waals surface area contributed by atoms with Gasteiger partial charge < -0.3 is 15.4 Å². The lowest BCUT2D eigenvalue weighted by Crippen LogP contribution is -2.45. The molecular weight excluding hydrogens is 232 g/mol. The van der Waals surface area contributed by atoms with Crippen molar-refractivity contribution in [2.75, 3.05) is 38.2 Å². The molecule has 0 aromatic rings. The number of carbonyl (C=O) groups is 1. The van der Waals surface area contributed by atoms with Crippen LogP contribution in [0, 0.1) is 0 Å². The summed E-state index contributed by atoms with van der Waals surface area (Å²) in [6, 6.07) is 0. The highest BCUT2D eigenvalue weighted by atomic mass is 32.2. The number of carbonyl (C=O) groups excluding carboxylic acids is 1. The second kappa shape index (κ2) is 6.17. The minimum Gasteiger partial charge on any atom is -0.374 e. The summed E-state index contributed by atoms with van der Waals surface area (Å²) in [6.07, 6.45) is 1.11. The van der Waals surface area contributed by atoms with Crippen LogP contribution in [-0.2, 0) is 19.4 Å². The first-order chi connectivity index (χ1) is 7.47. The molecule has 0 aliphatic carbocycles. The van der Waals surface area contributed by atoms with Gasteiger partial charge in [0.2, 0.25) is 5.91 Å². The van der Waals surface area contributed by atoms with E-state index in [9.17, 15) is 13.2 Å². The Balaban J connectivity index is 2.14. The van der Waals surface area contributed by atoms with Crippen molar-refractivity contribution >= 4 is 15.7 Å². The Hall–Kier alpha value is -0.660. The summed E-state index contributed by atoms with van der Waals surface area (Å²) >= 11 is 0. The van der Waals surface area contributed by atoms with Crippen LogP contribution in [0.3, 0.4) is 0 Å². The third-order valence-corrected chi connectivity index (χ3v) is 3.18. The van der Waals surface area contributed by atoms with Gasteiger partial charge in [0, 0.05) is 32.3 Å². The molecule has 2 N–H and O–H groups in total. The Bertz CT molecular complexity index is 322. The maximum atomic E-state index is 11.3. The minimum atomic E-state index is -3.07. The van der Waals surface area contributed by atoms with Gasteiger partial charge >= 0.3 is 0 Å². The van der Waals surface area contributed by atoms with Crippen LogP contribution in [-0.4, -0.2) is 58.7 Å². The van der Waals surface area contributed by atoms with E-state index in [0.717, 1.165) is 12.8 Å². The van der Waals surface area contributed by atoms with Gasteiger partial charge in [0.15, 0.2) is 0 Å². The van der Waals surface area contributed by atoms with E-state index < -0.39 is 9.84 Å². The molecule has 0 aromatic carbocycles. The highest BCUT2D eigenvalue weighted by Gasteiger charge is 2.14. The van der Waals surface area contributed by atoms with E-state index in [1.165, 1.54) is 0 Å². The Kier molecular flexibility index (Phi) is 5.17. The molecule has 1 aliphatic heterocycles. The van der Waals surface area contributed by atoms with Gasteiger partial charge in [-0.3, -0.25) is 4.79 Å². The average molecular weight is 250 g/mol. The summed E-state index contributed by atoms with van der Waals surface area (Å²) in [5.74, 6) is -0.359. The van der Waals surface area contributed by atoms with E-state index in [2.05, 4.69) is 10.6 Å². The van der Waals surface area contributed by atoms with Crippen molar-refractivity contribution < 1.29 is 17.9 Å². The molecule has 0 bridgehead atoms. The van der Waals surface area contributed by atoms with Gasteiger partial charge in [-0.15, -0.1) is 0 Å². The van der Waals surface area contributed by atoms with Crippen molar-refractivity contribution in [3.05, 3.63) is 0 Å². The quantitative estimate of drug-likeness (QED) is 0.622. The van der Waals surface area contributed by atoms with E-state index in [1.54, 1.807) is 0 Å². The van der Waals surface area contributed by atoms with Crippen LogP contribution < -0.4 is 10.6 Å². The average Bonchev–Trinajstić information content (AvgIpc) is 2.24. The largest absolute Gasteiger partial charge is 0.374 e. The highest BCUT2D eigenvalue weighted by Crippen LogP contribution is 1.95. The number of rotatable bonds is 5. The van der Waals surface area contributed by atoms with Gasteiger partial charge in [-0.25, -0.2) is 8.42 Å². The van der Waals surface area contributed by atoms with Gasteiger partial charge in [-0.2, -0.15) is 0 Å². The molecule has 1 fully saturated rings. The van der Waals surface area contributed by atoms with Crippen LogP contribution in [0.25, 0.3) is 0 Å². The minimum absolute atomic E-state index is 0.0129. The van der Waals surface area contributed by atoms with E-state index in [-0.39, 0.29) is 24.2 Å².